The SMILES string of the molecule is CC(Br)Cc1ccc(CC(C)Br)cc1. The van der Waals surface area contributed by atoms with Gasteiger partial charge in [-0.05, 0) is 24.0 Å². The first-order chi connectivity index (χ1) is 6.58. The van der Waals surface area contributed by atoms with Gasteiger partial charge in [0.15, 0.2) is 0 Å². The van der Waals surface area contributed by atoms with E-state index in [-0.39, 0.29) is 0 Å². The fraction of sp³-hybridized carbons (Fsp3) is 0.500. The minimum Gasteiger partial charge on any atom is -0.0890 e. The van der Waals surface area contributed by atoms with Crippen LogP contribution >= 0.6 is 31.9 Å². The predicted molar refractivity (Wildman–Crippen MR) is 70.6 cm³/mol. The molecule has 0 radical (unpaired) electrons. The summed E-state index contributed by atoms with van der Waals surface area (Å²) >= 11 is 7.12. The molecule has 0 aromatic heterocycles. The number of hydrogen-bond donors (Lipinski definition) is 0. The van der Waals surface area contributed by atoms with Gasteiger partial charge in [0.1, 0.15) is 0 Å². The molecular formula is C12H16Br2. The molecule has 2 unspecified atom stereocenters. The second kappa shape index (κ2) is 5.92. The number of benzene rings is 1. The maximum atomic E-state index is 3.56. The van der Waals surface area contributed by atoms with Gasteiger partial charge in [-0.15, -0.1) is 0 Å². The van der Waals surface area contributed by atoms with Crippen LogP contribution in [-0.4, -0.2) is 9.65 Å². The van der Waals surface area contributed by atoms with Crippen LogP contribution in [-0.2, 0) is 12.8 Å². The summed E-state index contributed by atoms with van der Waals surface area (Å²) in [4.78, 5) is 1.12. The lowest BCUT2D eigenvalue weighted by Gasteiger charge is -2.06. The van der Waals surface area contributed by atoms with Crippen LogP contribution in [0.25, 0.3) is 0 Å². The van der Waals surface area contributed by atoms with Crippen molar-refractivity contribution >= 4 is 31.9 Å². The molecule has 0 saturated heterocycles. The molecule has 2 atom stereocenters. The van der Waals surface area contributed by atoms with Crippen molar-refractivity contribution in [3.8, 4) is 0 Å². The van der Waals surface area contributed by atoms with Crippen molar-refractivity contribution in [1.82, 2.24) is 0 Å². The maximum Gasteiger partial charge on any atom is 0.0157 e. The van der Waals surface area contributed by atoms with Gasteiger partial charge in [0.05, 0.1) is 0 Å². The van der Waals surface area contributed by atoms with Crippen molar-refractivity contribution in [3.05, 3.63) is 35.4 Å². The molecule has 0 amide bonds. The quantitative estimate of drug-likeness (QED) is 0.724. The summed E-state index contributed by atoms with van der Waals surface area (Å²) in [6, 6.07) is 8.90. The Labute approximate surface area is 103 Å². The van der Waals surface area contributed by atoms with Crippen molar-refractivity contribution in [2.75, 3.05) is 0 Å². The highest BCUT2D eigenvalue weighted by molar-refractivity contribution is 9.09. The average molecular weight is 320 g/mol. The molecule has 0 nitrogen and oxygen atoms in total. The second-order valence-electron chi connectivity index (χ2n) is 3.79. The van der Waals surface area contributed by atoms with Crippen LogP contribution in [0, 0.1) is 0 Å². The molecular weight excluding hydrogens is 304 g/mol. The fourth-order valence-electron chi connectivity index (χ4n) is 1.46. The van der Waals surface area contributed by atoms with Gasteiger partial charge in [0.25, 0.3) is 0 Å². The summed E-state index contributed by atoms with van der Waals surface area (Å²) in [6.07, 6.45) is 2.20. The standard InChI is InChI=1S/C12H16Br2/c1-9(13)7-11-3-5-12(6-4-11)8-10(2)14/h3-6,9-10H,7-8H2,1-2H3. The second-order valence-corrected chi connectivity index (χ2v) is 6.91. The zero-order valence-corrected chi connectivity index (χ0v) is 11.8. The van der Waals surface area contributed by atoms with Gasteiger partial charge in [-0.3, -0.25) is 0 Å². The van der Waals surface area contributed by atoms with E-state index in [2.05, 4.69) is 70.0 Å². The zero-order chi connectivity index (χ0) is 10.6. The highest BCUT2D eigenvalue weighted by atomic mass is 79.9. The molecule has 1 rings (SSSR count). The largest absolute Gasteiger partial charge is 0.0890 e. The topological polar surface area (TPSA) is 0 Å². The first-order valence-electron chi connectivity index (χ1n) is 4.94. The lowest BCUT2D eigenvalue weighted by atomic mass is 10.1. The van der Waals surface area contributed by atoms with Gasteiger partial charge < -0.3 is 0 Å². The third kappa shape index (κ3) is 4.61. The van der Waals surface area contributed by atoms with E-state index in [9.17, 15) is 0 Å². The monoisotopic (exact) mass is 318 g/mol. The predicted octanol–water partition coefficient (Wildman–Crippen LogP) is 4.34. The van der Waals surface area contributed by atoms with Crippen molar-refractivity contribution in [2.45, 2.75) is 36.3 Å². The Balaban J connectivity index is 2.59. The number of alkyl halides is 2. The molecule has 0 heterocycles. The van der Waals surface area contributed by atoms with Crippen molar-refractivity contribution in [1.29, 1.82) is 0 Å². The van der Waals surface area contributed by atoms with E-state index in [0.29, 0.717) is 9.65 Å². The van der Waals surface area contributed by atoms with Gasteiger partial charge in [0.2, 0.25) is 0 Å². The molecule has 0 aliphatic rings. The third-order valence-electron chi connectivity index (χ3n) is 2.06. The van der Waals surface area contributed by atoms with E-state index in [0.717, 1.165) is 12.8 Å². The average Bonchev–Trinajstić information content (AvgIpc) is 2.06. The Hall–Kier alpha value is 0.180. The van der Waals surface area contributed by atoms with E-state index in [1.165, 1.54) is 11.1 Å². The van der Waals surface area contributed by atoms with Crippen LogP contribution in [0.1, 0.15) is 25.0 Å². The molecule has 0 aliphatic heterocycles. The van der Waals surface area contributed by atoms with Crippen molar-refractivity contribution < 1.29 is 0 Å². The van der Waals surface area contributed by atoms with Crippen LogP contribution in [0.2, 0.25) is 0 Å². The minimum atomic E-state index is 0.559. The summed E-state index contributed by atoms with van der Waals surface area (Å²) in [6.45, 7) is 4.35. The van der Waals surface area contributed by atoms with Crippen LogP contribution in [0.3, 0.4) is 0 Å². The Morgan fingerprint density at radius 1 is 0.857 bits per heavy atom. The summed E-state index contributed by atoms with van der Waals surface area (Å²) in [5, 5.41) is 0. The molecule has 0 spiro atoms. The fourth-order valence-corrected chi connectivity index (χ4v) is 2.21. The molecule has 0 fully saturated rings. The van der Waals surface area contributed by atoms with Crippen LogP contribution < -0.4 is 0 Å². The number of rotatable bonds is 4. The summed E-state index contributed by atoms with van der Waals surface area (Å²) < 4.78 is 0. The zero-order valence-electron chi connectivity index (χ0n) is 8.63. The maximum absolute atomic E-state index is 3.56. The van der Waals surface area contributed by atoms with Crippen LogP contribution in [0.4, 0.5) is 0 Å². The van der Waals surface area contributed by atoms with Crippen molar-refractivity contribution in [3.63, 3.8) is 0 Å². The number of hydrogen-bond acceptors (Lipinski definition) is 0. The lowest BCUT2D eigenvalue weighted by Crippen LogP contribution is -1.99. The van der Waals surface area contributed by atoms with Gasteiger partial charge in [0, 0.05) is 9.65 Å². The first-order valence-corrected chi connectivity index (χ1v) is 6.77. The molecule has 0 aliphatic carbocycles. The normalized spacial score (nSPS) is 15.1. The molecule has 1 aromatic rings. The Kier molecular flexibility index (Phi) is 5.18. The smallest absolute Gasteiger partial charge is 0.0157 e. The van der Waals surface area contributed by atoms with Gasteiger partial charge >= 0.3 is 0 Å². The van der Waals surface area contributed by atoms with Gasteiger partial charge in [-0.1, -0.05) is 70.0 Å². The molecule has 0 bridgehead atoms. The van der Waals surface area contributed by atoms with Gasteiger partial charge in [-0.25, -0.2) is 0 Å². The Morgan fingerprint density at radius 2 is 1.14 bits per heavy atom. The van der Waals surface area contributed by atoms with Crippen molar-refractivity contribution in [2.24, 2.45) is 0 Å². The minimum absolute atomic E-state index is 0.559. The van der Waals surface area contributed by atoms with Crippen LogP contribution in [0.15, 0.2) is 24.3 Å². The molecule has 14 heavy (non-hydrogen) atoms. The third-order valence-corrected chi connectivity index (χ3v) is 2.70. The van der Waals surface area contributed by atoms with E-state index in [1.54, 1.807) is 0 Å². The summed E-state index contributed by atoms with van der Waals surface area (Å²) in [5.74, 6) is 0. The highest BCUT2D eigenvalue weighted by Gasteiger charge is 2.01. The van der Waals surface area contributed by atoms with E-state index >= 15 is 0 Å². The molecule has 78 valence electrons. The molecule has 0 saturated carbocycles. The van der Waals surface area contributed by atoms with E-state index in [1.807, 2.05) is 0 Å². The summed E-state index contributed by atoms with van der Waals surface area (Å²) in [5.41, 5.74) is 2.81. The molecule has 0 N–H and O–H groups in total. The molecule has 1 aromatic carbocycles. The van der Waals surface area contributed by atoms with Gasteiger partial charge in [-0.2, -0.15) is 0 Å². The van der Waals surface area contributed by atoms with Crippen LogP contribution in [0.5, 0.6) is 0 Å². The van der Waals surface area contributed by atoms with E-state index < -0.39 is 0 Å². The first kappa shape index (κ1) is 12.3. The molecule has 2 heteroatoms. The summed E-state index contributed by atoms with van der Waals surface area (Å²) in [7, 11) is 0. The van der Waals surface area contributed by atoms with E-state index in [4.69, 9.17) is 0 Å². The number of halogens is 2. The Morgan fingerprint density at radius 3 is 1.36 bits per heavy atom. The lowest BCUT2D eigenvalue weighted by molar-refractivity contribution is 0.940. The Bertz CT molecular complexity index is 233. The highest BCUT2D eigenvalue weighted by Crippen LogP contribution is 2.13.